The lowest BCUT2D eigenvalue weighted by Gasteiger charge is -2.06. The van der Waals surface area contributed by atoms with Crippen molar-refractivity contribution in [1.29, 1.82) is 0 Å². The number of benzene rings is 1. The summed E-state index contributed by atoms with van der Waals surface area (Å²) in [5, 5.41) is 4.46. The highest BCUT2D eigenvalue weighted by atomic mass is 16.5. The number of allylic oxidation sites excluding steroid dienone is 1. The molecule has 0 bridgehead atoms. The van der Waals surface area contributed by atoms with Crippen molar-refractivity contribution in [3.63, 3.8) is 0 Å². The van der Waals surface area contributed by atoms with Gasteiger partial charge in [-0.3, -0.25) is 4.68 Å². The molecule has 0 aliphatic heterocycles. The van der Waals surface area contributed by atoms with E-state index in [1.54, 1.807) is 0 Å². The minimum atomic E-state index is -0.310. The molecule has 1 heterocycles. The van der Waals surface area contributed by atoms with Crippen molar-refractivity contribution in [1.82, 2.24) is 9.78 Å². The van der Waals surface area contributed by atoms with Crippen LogP contribution in [0.15, 0.2) is 35.9 Å². The molecule has 0 aliphatic carbocycles. The zero-order chi connectivity index (χ0) is 16.3. The van der Waals surface area contributed by atoms with Crippen LogP contribution >= 0.6 is 0 Å². The number of hydrogen-bond donors (Lipinski definition) is 0. The fourth-order valence-electron chi connectivity index (χ4n) is 2.61. The third-order valence-electron chi connectivity index (χ3n) is 3.80. The summed E-state index contributed by atoms with van der Waals surface area (Å²) in [5.74, 6) is -0.310. The summed E-state index contributed by atoms with van der Waals surface area (Å²) in [5.41, 5.74) is 6.70. The minimum Gasteiger partial charge on any atom is -0.466 e. The summed E-state index contributed by atoms with van der Waals surface area (Å²) in [7, 11) is 3.35. The third kappa shape index (κ3) is 3.45. The molecular formula is C18H22N2O2. The van der Waals surface area contributed by atoms with Crippen LogP contribution in [0.5, 0.6) is 0 Å². The van der Waals surface area contributed by atoms with Crippen molar-refractivity contribution in [2.24, 2.45) is 7.05 Å². The smallest absolute Gasteiger partial charge is 0.330 e. The average Bonchev–Trinajstić information content (AvgIpc) is 2.73. The number of esters is 1. The maximum absolute atomic E-state index is 11.2. The van der Waals surface area contributed by atoms with Gasteiger partial charge in [-0.1, -0.05) is 29.8 Å². The van der Waals surface area contributed by atoms with E-state index >= 15 is 0 Å². The Morgan fingerprint density at radius 2 is 1.91 bits per heavy atom. The molecule has 22 heavy (non-hydrogen) atoms. The van der Waals surface area contributed by atoms with E-state index in [0.29, 0.717) is 0 Å². The summed E-state index contributed by atoms with van der Waals surface area (Å²) in [6, 6.07) is 8.40. The third-order valence-corrected chi connectivity index (χ3v) is 3.80. The first-order chi connectivity index (χ1) is 10.4. The molecule has 0 aliphatic rings. The van der Waals surface area contributed by atoms with Gasteiger partial charge in [-0.2, -0.15) is 5.10 Å². The van der Waals surface area contributed by atoms with Crippen LogP contribution in [-0.2, 0) is 23.0 Å². The lowest BCUT2D eigenvalue weighted by molar-refractivity contribution is -0.134. The van der Waals surface area contributed by atoms with Gasteiger partial charge >= 0.3 is 5.97 Å². The molecule has 0 radical (unpaired) electrons. The van der Waals surface area contributed by atoms with Gasteiger partial charge in [0, 0.05) is 24.4 Å². The van der Waals surface area contributed by atoms with E-state index in [0.717, 1.165) is 23.4 Å². The monoisotopic (exact) mass is 298 g/mol. The van der Waals surface area contributed by atoms with Crippen LogP contribution in [0.2, 0.25) is 0 Å². The molecule has 0 fully saturated rings. The SMILES string of the molecule is COC(=O)/C=C(\C)Cc1ccc(-c2c(C)nn(C)c2C)cc1. The van der Waals surface area contributed by atoms with E-state index in [-0.39, 0.29) is 5.97 Å². The van der Waals surface area contributed by atoms with Gasteiger partial charge in [0.05, 0.1) is 12.8 Å². The van der Waals surface area contributed by atoms with E-state index in [1.807, 2.05) is 25.6 Å². The summed E-state index contributed by atoms with van der Waals surface area (Å²) in [6.45, 7) is 6.03. The molecule has 0 saturated carbocycles. The van der Waals surface area contributed by atoms with Crippen LogP contribution in [0.1, 0.15) is 23.9 Å². The van der Waals surface area contributed by atoms with Gasteiger partial charge in [-0.15, -0.1) is 0 Å². The van der Waals surface area contributed by atoms with Crippen molar-refractivity contribution in [2.75, 3.05) is 7.11 Å². The first kappa shape index (κ1) is 16.0. The molecule has 0 atom stereocenters. The summed E-state index contributed by atoms with van der Waals surface area (Å²) in [4.78, 5) is 11.2. The number of aromatic nitrogens is 2. The Morgan fingerprint density at radius 1 is 1.27 bits per heavy atom. The predicted molar refractivity (Wildman–Crippen MR) is 87.6 cm³/mol. The van der Waals surface area contributed by atoms with Crippen LogP contribution < -0.4 is 0 Å². The maximum Gasteiger partial charge on any atom is 0.330 e. The number of ether oxygens (including phenoxy) is 1. The first-order valence-electron chi connectivity index (χ1n) is 7.27. The number of carbonyl (C=O) groups is 1. The Hall–Kier alpha value is -2.36. The second kappa shape index (κ2) is 6.60. The van der Waals surface area contributed by atoms with Crippen molar-refractivity contribution < 1.29 is 9.53 Å². The van der Waals surface area contributed by atoms with E-state index in [2.05, 4.69) is 41.0 Å². The van der Waals surface area contributed by atoms with E-state index < -0.39 is 0 Å². The summed E-state index contributed by atoms with van der Waals surface area (Å²) in [6.07, 6.45) is 2.27. The minimum absolute atomic E-state index is 0.310. The fraction of sp³-hybridized carbons (Fsp3) is 0.333. The van der Waals surface area contributed by atoms with Gasteiger partial charge in [0.1, 0.15) is 0 Å². The van der Waals surface area contributed by atoms with Crippen LogP contribution in [0.3, 0.4) is 0 Å². The highest BCUT2D eigenvalue weighted by Crippen LogP contribution is 2.27. The lowest BCUT2D eigenvalue weighted by Crippen LogP contribution is -1.97. The van der Waals surface area contributed by atoms with Crippen LogP contribution in [0, 0.1) is 13.8 Å². The summed E-state index contributed by atoms with van der Waals surface area (Å²) >= 11 is 0. The molecule has 116 valence electrons. The van der Waals surface area contributed by atoms with Gasteiger partial charge in [-0.05, 0) is 38.3 Å². The highest BCUT2D eigenvalue weighted by molar-refractivity contribution is 5.82. The van der Waals surface area contributed by atoms with E-state index in [9.17, 15) is 4.79 Å². The van der Waals surface area contributed by atoms with Gasteiger partial charge in [-0.25, -0.2) is 4.79 Å². The van der Waals surface area contributed by atoms with Crippen molar-refractivity contribution in [2.45, 2.75) is 27.2 Å². The quantitative estimate of drug-likeness (QED) is 0.642. The second-order valence-electron chi connectivity index (χ2n) is 5.56. The molecule has 4 heteroatoms. The number of carbonyl (C=O) groups excluding carboxylic acids is 1. The Kier molecular flexibility index (Phi) is 4.81. The normalized spacial score (nSPS) is 11.6. The van der Waals surface area contributed by atoms with Crippen molar-refractivity contribution in [3.8, 4) is 11.1 Å². The Balaban J connectivity index is 2.21. The molecular weight excluding hydrogens is 276 g/mol. The van der Waals surface area contributed by atoms with E-state index in [4.69, 9.17) is 0 Å². The molecule has 0 N–H and O–H groups in total. The van der Waals surface area contributed by atoms with Crippen LogP contribution in [0.4, 0.5) is 0 Å². The summed E-state index contributed by atoms with van der Waals surface area (Å²) < 4.78 is 6.54. The Labute approximate surface area is 131 Å². The molecule has 0 unspecified atom stereocenters. The molecule has 1 aromatic heterocycles. The van der Waals surface area contributed by atoms with Crippen molar-refractivity contribution >= 4 is 5.97 Å². The van der Waals surface area contributed by atoms with Gasteiger partial charge in [0.25, 0.3) is 0 Å². The molecule has 0 saturated heterocycles. The molecule has 1 aromatic carbocycles. The Bertz CT molecular complexity index is 709. The second-order valence-corrected chi connectivity index (χ2v) is 5.56. The lowest BCUT2D eigenvalue weighted by atomic mass is 9.99. The zero-order valence-corrected chi connectivity index (χ0v) is 13.8. The predicted octanol–water partition coefficient (Wildman–Crippen LogP) is 3.37. The van der Waals surface area contributed by atoms with Crippen LogP contribution in [0.25, 0.3) is 11.1 Å². The van der Waals surface area contributed by atoms with Gasteiger partial charge in [0.15, 0.2) is 0 Å². The highest BCUT2D eigenvalue weighted by Gasteiger charge is 2.11. The van der Waals surface area contributed by atoms with Crippen molar-refractivity contribution in [3.05, 3.63) is 52.9 Å². The number of methoxy groups -OCH3 is 1. The first-order valence-corrected chi connectivity index (χ1v) is 7.27. The number of aryl methyl sites for hydroxylation is 2. The maximum atomic E-state index is 11.2. The number of hydrogen-bond acceptors (Lipinski definition) is 3. The number of nitrogens with zero attached hydrogens (tertiary/aromatic N) is 2. The molecule has 0 spiro atoms. The molecule has 2 rings (SSSR count). The van der Waals surface area contributed by atoms with Gasteiger partial charge in [0.2, 0.25) is 0 Å². The van der Waals surface area contributed by atoms with Crippen LogP contribution in [-0.4, -0.2) is 22.9 Å². The Morgan fingerprint density at radius 3 is 2.41 bits per heavy atom. The molecule has 2 aromatic rings. The molecule has 4 nitrogen and oxygen atoms in total. The fourth-order valence-corrected chi connectivity index (χ4v) is 2.61. The topological polar surface area (TPSA) is 44.1 Å². The zero-order valence-electron chi connectivity index (χ0n) is 13.8. The standard InChI is InChI=1S/C18H22N2O2/c1-12(11-17(21)22-5)10-15-6-8-16(9-7-15)18-13(2)19-20(4)14(18)3/h6-9,11H,10H2,1-5H3/b12-11+. The average molecular weight is 298 g/mol. The number of rotatable bonds is 4. The largest absolute Gasteiger partial charge is 0.466 e. The molecule has 0 amide bonds. The van der Waals surface area contributed by atoms with E-state index in [1.165, 1.54) is 29.9 Å². The van der Waals surface area contributed by atoms with Gasteiger partial charge < -0.3 is 4.74 Å².